The maximum absolute atomic E-state index is 10.5. The van der Waals surface area contributed by atoms with Gasteiger partial charge < -0.3 is 20.3 Å². The maximum atomic E-state index is 10.5. The van der Waals surface area contributed by atoms with Gasteiger partial charge in [-0.05, 0) is 36.4 Å². The Hall–Kier alpha value is -3.32. The van der Waals surface area contributed by atoms with E-state index in [2.05, 4.69) is 40.5 Å². The second kappa shape index (κ2) is 6.60. The summed E-state index contributed by atoms with van der Waals surface area (Å²) in [5.74, 6) is 0. The number of nitrogens with zero attached hydrogens (tertiary/aromatic N) is 1. The van der Waals surface area contributed by atoms with Crippen LogP contribution in [-0.4, -0.2) is 17.2 Å². The lowest BCUT2D eigenvalue weighted by molar-refractivity contribution is 0.426. The molecule has 0 unspecified atom stereocenters. The molecule has 30 heavy (non-hydrogen) atoms. The number of benzene rings is 4. The normalized spacial score (nSPS) is 12.5. The van der Waals surface area contributed by atoms with Crippen molar-refractivity contribution in [3.63, 3.8) is 0 Å². The quantitative estimate of drug-likeness (QED) is 0.342. The highest BCUT2D eigenvalue weighted by Crippen LogP contribution is 2.49. The molecule has 4 nitrogen and oxygen atoms in total. The van der Waals surface area contributed by atoms with Crippen LogP contribution < -0.4 is 15.7 Å². The van der Waals surface area contributed by atoms with E-state index in [0.29, 0.717) is 5.46 Å². The Morgan fingerprint density at radius 2 is 1.50 bits per heavy atom. The van der Waals surface area contributed by atoms with E-state index in [1.807, 2.05) is 54.6 Å². The lowest BCUT2D eigenvalue weighted by Crippen LogP contribution is -2.35. The average Bonchev–Trinajstić information content (AvgIpc) is 3.14. The molecule has 0 saturated heterocycles. The first kappa shape index (κ1) is 17.5. The Labute approximate surface area is 177 Å². The van der Waals surface area contributed by atoms with Crippen LogP contribution in [0, 0.1) is 0 Å². The average molecular weight is 408 g/mol. The molecule has 0 bridgehead atoms. The molecule has 1 aliphatic heterocycles. The van der Waals surface area contributed by atoms with Crippen LogP contribution >= 0.6 is 11.3 Å². The first-order chi connectivity index (χ1) is 14.7. The van der Waals surface area contributed by atoms with Gasteiger partial charge in [0.25, 0.3) is 0 Å². The predicted octanol–water partition coefficient (Wildman–Crippen LogP) is 5.26. The van der Waals surface area contributed by atoms with Crippen molar-refractivity contribution in [3.05, 3.63) is 84.9 Å². The van der Waals surface area contributed by atoms with Crippen LogP contribution in [0.3, 0.4) is 0 Å². The fourth-order valence-electron chi connectivity index (χ4n) is 4.36. The van der Waals surface area contributed by atoms with Gasteiger partial charge >= 0.3 is 7.12 Å². The maximum Gasteiger partial charge on any atom is 0.491 e. The molecule has 144 valence electrons. The Morgan fingerprint density at radius 3 is 2.33 bits per heavy atom. The van der Waals surface area contributed by atoms with Gasteiger partial charge in [-0.2, -0.15) is 0 Å². The molecule has 0 aliphatic carbocycles. The van der Waals surface area contributed by atoms with Crippen LogP contribution in [0.15, 0.2) is 84.9 Å². The third-order valence-electron chi connectivity index (χ3n) is 5.60. The van der Waals surface area contributed by atoms with Gasteiger partial charge in [0.15, 0.2) is 0 Å². The zero-order valence-corrected chi connectivity index (χ0v) is 16.7. The molecule has 2 heterocycles. The highest BCUT2D eigenvalue weighted by atomic mass is 32.1. The number of hydrogen-bond acceptors (Lipinski definition) is 5. The van der Waals surface area contributed by atoms with Crippen molar-refractivity contribution in [3.8, 4) is 0 Å². The van der Waals surface area contributed by atoms with E-state index in [4.69, 9.17) is 0 Å². The van der Waals surface area contributed by atoms with Crippen LogP contribution in [0.1, 0.15) is 0 Å². The summed E-state index contributed by atoms with van der Waals surface area (Å²) in [5, 5.41) is 26.3. The van der Waals surface area contributed by atoms with E-state index in [-0.39, 0.29) is 0 Å². The zero-order valence-electron chi connectivity index (χ0n) is 15.9. The molecule has 5 aromatic rings. The van der Waals surface area contributed by atoms with Crippen molar-refractivity contribution in [2.75, 3.05) is 10.2 Å². The van der Waals surface area contributed by atoms with Gasteiger partial charge in [-0.25, -0.2) is 0 Å². The number of nitrogens with one attached hydrogen (secondary N) is 1. The fourth-order valence-corrected chi connectivity index (χ4v) is 5.52. The second-order valence-corrected chi connectivity index (χ2v) is 8.43. The molecule has 1 aromatic heterocycles. The molecule has 0 fully saturated rings. The summed E-state index contributed by atoms with van der Waals surface area (Å²) in [6, 6.07) is 28.5. The third-order valence-corrected chi connectivity index (χ3v) is 6.72. The van der Waals surface area contributed by atoms with E-state index < -0.39 is 7.12 Å². The highest BCUT2D eigenvalue weighted by Gasteiger charge is 2.32. The van der Waals surface area contributed by atoms with E-state index in [1.54, 1.807) is 11.3 Å². The van der Waals surface area contributed by atoms with E-state index >= 15 is 0 Å². The van der Waals surface area contributed by atoms with Crippen LogP contribution in [0.25, 0.3) is 20.2 Å². The summed E-state index contributed by atoms with van der Waals surface area (Å²) in [6.45, 7) is 0. The summed E-state index contributed by atoms with van der Waals surface area (Å²) >= 11 is 1.67. The Bertz CT molecular complexity index is 1420. The van der Waals surface area contributed by atoms with Gasteiger partial charge in [-0.15, -0.1) is 11.3 Å². The van der Waals surface area contributed by atoms with Gasteiger partial charge in [0.05, 0.1) is 22.7 Å². The minimum atomic E-state index is -1.60. The van der Waals surface area contributed by atoms with Crippen molar-refractivity contribution in [2.24, 2.45) is 0 Å². The van der Waals surface area contributed by atoms with Crippen molar-refractivity contribution in [2.45, 2.75) is 0 Å². The lowest BCUT2D eigenvalue weighted by Gasteiger charge is -2.35. The van der Waals surface area contributed by atoms with Crippen molar-refractivity contribution < 1.29 is 10.0 Å². The van der Waals surface area contributed by atoms with Crippen LogP contribution in [0.5, 0.6) is 0 Å². The molecule has 0 spiro atoms. The summed E-state index contributed by atoms with van der Waals surface area (Å²) in [5.41, 5.74) is 5.11. The first-order valence-corrected chi connectivity index (χ1v) is 10.6. The van der Waals surface area contributed by atoms with Gasteiger partial charge in [0.1, 0.15) is 0 Å². The summed E-state index contributed by atoms with van der Waals surface area (Å²) in [4.78, 5) is 2.18. The van der Waals surface area contributed by atoms with Gasteiger partial charge in [0.2, 0.25) is 0 Å². The molecule has 1 aliphatic rings. The Balaban J connectivity index is 1.75. The molecule has 3 N–H and O–H groups in total. The largest absolute Gasteiger partial charge is 0.491 e. The molecule has 4 aromatic carbocycles. The lowest BCUT2D eigenvalue weighted by atomic mass is 9.75. The number of fused-ring (bicyclic) bond motifs is 5. The first-order valence-electron chi connectivity index (χ1n) is 9.78. The number of anilines is 5. The fraction of sp³-hybridized carbons (Fsp3) is 0. The Kier molecular flexibility index (Phi) is 3.86. The van der Waals surface area contributed by atoms with E-state index in [9.17, 15) is 10.0 Å². The van der Waals surface area contributed by atoms with Crippen LogP contribution in [0.4, 0.5) is 28.4 Å². The number of hydrogen-bond donors (Lipinski definition) is 3. The van der Waals surface area contributed by atoms with Crippen molar-refractivity contribution in [1.82, 2.24) is 0 Å². The van der Waals surface area contributed by atoms with Gasteiger partial charge in [-0.3, -0.25) is 0 Å². The molecule has 0 atom stereocenters. The SMILES string of the molecule is OB(O)c1c2c(cc3sc4ccccc4c13)N(c1ccccc1)c1ccccc1N2. The predicted molar refractivity (Wildman–Crippen MR) is 127 cm³/mol. The van der Waals surface area contributed by atoms with Crippen LogP contribution in [0.2, 0.25) is 0 Å². The second-order valence-electron chi connectivity index (χ2n) is 7.34. The minimum Gasteiger partial charge on any atom is -0.423 e. The zero-order chi connectivity index (χ0) is 20.2. The van der Waals surface area contributed by atoms with Gasteiger partial charge in [-0.1, -0.05) is 48.5 Å². The molecule has 6 heteroatoms. The summed E-state index contributed by atoms with van der Waals surface area (Å²) < 4.78 is 2.15. The van der Waals surface area contributed by atoms with E-state index in [1.165, 1.54) is 0 Å². The molecule has 0 saturated carbocycles. The Morgan fingerprint density at radius 1 is 0.767 bits per heavy atom. The third kappa shape index (κ3) is 2.48. The standard InChI is InChI=1S/C24H17BN2O2S/c28-25(29)23-22-16-10-4-7-13-20(16)30-21(22)14-19-24(23)26-17-11-5-6-12-18(17)27(19)15-8-2-1-3-9-15/h1-14,26,28-29H. The van der Waals surface area contributed by atoms with Crippen molar-refractivity contribution >= 4 is 72.5 Å². The number of thiophene rings is 1. The summed E-state index contributed by atoms with van der Waals surface area (Å²) in [6.07, 6.45) is 0. The monoisotopic (exact) mass is 408 g/mol. The smallest absolute Gasteiger partial charge is 0.423 e. The highest BCUT2D eigenvalue weighted by molar-refractivity contribution is 7.26. The molecule has 6 rings (SSSR count). The minimum absolute atomic E-state index is 0.510. The van der Waals surface area contributed by atoms with Gasteiger partial charge in [0, 0.05) is 31.3 Å². The molecular weight excluding hydrogens is 391 g/mol. The molecule has 0 amide bonds. The van der Waals surface area contributed by atoms with E-state index in [0.717, 1.165) is 48.6 Å². The van der Waals surface area contributed by atoms with Crippen LogP contribution in [-0.2, 0) is 0 Å². The number of rotatable bonds is 2. The molecule has 0 radical (unpaired) electrons. The molecular formula is C24H17BN2O2S. The number of para-hydroxylation sites is 3. The topological polar surface area (TPSA) is 55.7 Å². The van der Waals surface area contributed by atoms with Crippen molar-refractivity contribution in [1.29, 1.82) is 0 Å². The summed E-state index contributed by atoms with van der Waals surface area (Å²) in [7, 11) is -1.60.